The van der Waals surface area contributed by atoms with Gasteiger partial charge in [-0.1, -0.05) is 6.92 Å². The summed E-state index contributed by atoms with van der Waals surface area (Å²) in [4.78, 5) is 11.9. The Kier molecular flexibility index (Phi) is 4.62. The number of nitrogens with one attached hydrogen (secondary N) is 1. The second kappa shape index (κ2) is 6.24. The highest BCUT2D eigenvalue weighted by Gasteiger charge is 2.15. The first-order valence-electron chi connectivity index (χ1n) is 5.79. The van der Waals surface area contributed by atoms with Crippen molar-refractivity contribution in [3.8, 4) is 6.07 Å². The quantitative estimate of drug-likeness (QED) is 0.913. The lowest BCUT2D eigenvalue weighted by Gasteiger charge is -2.06. The summed E-state index contributed by atoms with van der Waals surface area (Å²) in [6.07, 6.45) is 0.770. The molecule has 0 saturated carbocycles. The van der Waals surface area contributed by atoms with Crippen molar-refractivity contribution in [3.63, 3.8) is 0 Å². The Bertz CT molecular complexity index is 734. The molecular weight excluding hydrogens is 347 g/mol. The topological polar surface area (TPSA) is 74.5 Å². The first kappa shape index (κ1) is 14.8. The molecular formula is C12H10BrFN4OS. The van der Waals surface area contributed by atoms with Crippen LogP contribution in [-0.4, -0.2) is 14.8 Å². The summed E-state index contributed by atoms with van der Waals surface area (Å²) >= 11 is 4.09. The normalized spacial score (nSPS) is 10.5. The minimum Gasteiger partial charge on any atom is -0.270 e. The molecule has 104 valence electrons. The number of H-pyrrole nitrogens is 1. The van der Waals surface area contributed by atoms with Crippen LogP contribution in [0.2, 0.25) is 0 Å². The number of aromatic amines is 1. The van der Waals surface area contributed by atoms with Gasteiger partial charge in [0.1, 0.15) is 6.07 Å². The summed E-state index contributed by atoms with van der Waals surface area (Å²) in [6, 6.07) is 4.91. The van der Waals surface area contributed by atoms with Crippen LogP contribution < -0.4 is 5.69 Å². The molecule has 0 unspecified atom stereocenters. The van der Waals surface area contributed by atoms with E-state index in [9.17, 15) is 9.18 Å². The van der Waals surface area contributed by atoms with Gasteiger partial charge in [0.2, 0.25) is 0 Å². The molecule has 0 saturated heterocycles. The Morgan fingerprint density at radius 2 is 2.35 bits per heavy atom. The van der Waals surface area contributed by atoms with Crippen LogP contribution in [-0.2, 0) is 6.54 Å². The van der Waals surface area contributed by atoms with Crippen molar-refractivity contribution in [1.82, 2.24) is 14.8 Å². The van der Waals surface area contributed by atoms with Crippen LogP contribution in [0.5, 0.6) is 0 Å². The lowest BCUT2D eigenvalue weighted by atomic mass is 10.2. The van der Waals surface area contributed by atoms with E-state index in [1.807, 2.05) is 13.0 Å². The number of hydrogen-bond acceptors (Lipinski definition) is 4. The summed E-state index contributed by atoms with van der Waals surface area (Å²) in [6.45, 7) is 2.45. The maximum absolute atomic E-state index is 14.1. The zero-order valence-electron chi connectivity index (χ0n) is 10.5. The van der Waals surface area contributed by atoms with E-state index in [1.165, 1.54) is 16.7 Å². The van der Waals surface area contributed by atoms with Crippen molar-refractivity contribution in [2.45, 2.75) is 29.9 Å². The molecule has 1 N–H and O–H groups in total. The van der Waals surface area contributed by atoms with Gasteiger partial charge in [0, 0.05) is 6.54 Å². The van der Waals surface area contributed by atoms with E-state index in [-0.39, 0.29) is 15.7 Å². The second-order valence-electron chi connectivity index (χ2n) is 3.92. The molecule has 1 heterocycles. The summed E-state index contributed by atoms with van der Waals surface area (Å²) in [5, 5.41) is 15.5. The smallest absolute Gasteiger partial charge is 0.270 e. The first-order chi connectivity index (χ1) is 9.58. The molecule has 8 heteroatoms. The third-order valence-corrected chi connectivity index (χ3v) is 4.34. The standard InChI is InChI=1S/C12H10BrFN4OS/c1-2-5-18-11(19)16-17-12(18)20-8-4-3-7(6-15)9(13)10(8)14/h3-4H,2,5H2,1H3,(H,16,19). The predicted molar refractivity (Wildman–Crippen MR) is 76.1 cm³/mol. The fraction of sp³-hybridized carbons (Fsp3) is 0.250. The third kappa shape index (κ3) is 2.78. The summed E-state index contributed by atoms with van der Waals surface area (Å²) < 4.78 is 15.7. The molecule has 2 aromatic rings. The molecule has 5 nitrogen and oxygen atoms in total. The monoisotopic (exact) mass is 356 g/mol. The Hall–Kier alpha value is -1.59. The van der Waals surface area contributed by atoms with Gasteiger partial charge < -0.3 is 0 Å². The fourth-order valence-corrected chi connectivity index (χ4v) is 3.06. The van der Waals surface area contributed by atoms with E-state index in [2.05, 4.69) is 26.1 Å². The lowest BCUT2D eigenvalue weighted by molar-refractivity contribution is 0.588. The van der Waals surface area contributed by atoms with Crippen LogP contribution in [0.15, 0.2) is 31.5 Å². The van der Waals surface area contributed by atoms with Gasteiger partial charge in [-0.3, -0.25) is 4.57 Å². The van der Waals surface area contributed by atoms with Crippen LogP contribution in [0, 0.1) is 17.1 Å². The van der Waals surface area contributed by atoms with Crippen LogP contribution in [0.4, 0.5) is 4.39 Å². The third-order valence-electron chi connectivity index (χ3n) is 2.54. The minimum absolute atomic E-state index is 0.116. The molecule has 0 aliphatic carbocycles. The van der Waals surface area contributed by atoms with Crippen molar-refractivity contribution in [2.75, 3.05) is 0 Å². The van der Waals surface area contributed by atoms with Gasteiger partial charge in [0.15, 0.2) is 11.0 Å². The molecule has 0 fully saturated rings. The molecule has 0 bridgehead atoms. The average Bonchev–Trinajstić information content (AvgIpc) is 2.77. The number of halogens is 2. The number of rotatable bonds is 4. The summed E-state index contributed by atoms with van der Waals surface area (Å²) in [5.41, 5.74) is -0.0951. The second-order valence-corrected chi connectivity index (χ2v) is 5.72. The van der Waals surface area contributed by atoms with E-state index < -0.39 is 5.82 Å². The SMILES string of the molecule is CCCn1c(Sc2ccc(C#N)c(Br)c2F)n[nH]c1=O. The molecule has 1 aromatic heterocycles. The van der Waals surface area contributed by atoms with Gasteiger partial charge in [-0.05, 0) is 46.2 Å². The Balaban J connectivity index is 2.39. The van der Waals surface area contributed by atoms with Gasteiger partial charge in [0.25, 0.3) is 0 Å². The van der Waals surface area contributed by atoms with Crippen LogP contribution in [0.1, 0.15) is 18.9 Å². The molecule has 1 aromatic carbocycles. The van der Waals surface area contributed by atoms with Crippen molar-refractivity contribution >= 4 is 27.7 Å². The first-order valence-corrected chi connectivity index (χ1v) is 7.40. The number of nitriles is 1. The number of benzene rings is 1. The van der Waals surface area contributed by atoms with E-state index in [0.29, 0.717) is 16.6 Å². The molecule has 0 atom stereocenters. The maximum Gasteiger partial charge on any atom is 0.343 e. The Morgan fingerprint density at radius 1 is 1.60 bits per heavy atom. The molecule has 0 aliphatic heterocycles. The zero-order chi connectivity index (χ0) is 14.7. The summed E-state index contributed by atoms with van der Waals surface area (Å²) in [7, 11) is 0. The Morgan fingerprint density at radius 3 is 3.00 bits per heavy atom. The highest BCUT2D eigenvalue weighted by atomic mass is 79.9. The van der Waals surface area contributed by atoms with Crippen molar-refractivity contribution in [2.24, 2.45) is 0 Å². The Labute approximate surface area is 126 Å². The predicted octanol–water partition coefficient (Wildman–Crippen LogP) is 2.91. The van der Waals surface area contributed by atoms with E-state index in [4.69, 9.17) is 5.26 Å². The maximum atomic E-state index is 14.1. The van der Waals surface area contributed by atoms with Gasteiger partial charge in [0.05, 0.1) is 14.9 Å². The van der Waals surface area contributed by atoms with Gasteiger partial charge in [-0.15, -0.1) is 5.10 Å². The van der Waals surface area contributed by atoms with Crippen molar-refractivity contribution in [1.29, 1.82) is 5.26 Å². The molecule has 20 heavy (non-hydrogen) atoms. The van der Waals surface area contributed by atoms with Crippen molar-refractivity contribution in [3.05, 3.63) is 38.5 Å². The molecule has 0 spiro atoms. The van der Waals surface area contributed by atoms with Crippen LogP contribution in [0.25, 0.3) is 0 Å². The van der Waals surface area contributed by atoms with Crippen molar-refractivity contribution < 1.29 is 4.39 Å². The highest BCUT2D eigenvalue weighted by molar-refractivity contribution is 9.10. The summed E-state index contributed by atoms with van der Waals surface area (Å²) in [5.74, 6) is -0.535. The van der Waals surface area contributed by atoms with Gasteiger partial charge in [-0.25, -0.2) is 14.3 Å². The van der Waals surface area contributed by atoms with Gasteiger partial charge >= 0.3 is 5.69 Å². The highest BCUT2D eigenvalue weighted by Crippen LogP contribution is 2.33. The molecule has 0 radical (unpaired) electrons. The fourth-order valence-electron chi connectivity index (χ4n) is 1.60. The average molecular weight is 357 g/mol. The van der Waals surface area contributed by atoms with Gasteiger partial charge in [-0.2, -0.15) is 5.26 Å². The number of hydrogen-bond donors (Lipinski definition) is 1. The molecule has 0 aliphatic rings. The molecule has 0 amide bonds. The largest absolute Gasteiger partial charge is 0.343 e. The van der Waals surface area contributed by atoms with E-state index >= 15 is 0 Å². The van der Waals surface area contributed by atoms with Crippen LogP contribution in [0.3, 0.4) is 0 Å². The number of aromatic nitrogens is 3. The lowest BCUT2D eigenvalue weighted by Crippen LogP contribution is -2.17. The van der Waals surface area contributed by atoms with E-state index in [1.54, 1.807) is 0 Å². The van der Waals surface area contributed by atoms with Crippen LogP contribution >= 0.6 is 27.7 Å². The minimum atomic E-state index is -0.535. The van der Waals surface area contributed by atoms with E-state index in [0.717, 1.165) is 18.2 Å². The zero-order valence-corrected chi connectivity index (χ0v) is 12.9. The number of nitrogens with zero attached hydrogens (tertiary/aromatic N) is 3. The molecule has 2 rings (SSSR count).